The second-order valence-corrected chi connectivity index (χ2v) is 2.20. The lowest BCUT2D eigenvalue weighted by Gasteiger charge is -2.11. The van der Waals surface area contributed by atoms with Crippen LogP contribution >= 0.6 is 0 Å². The van der Waals surface area contributed by atoms with Gasteiger partial charge in [-0.1, -0.05) is 18.2 Å². The highest BCUT2D eigenvalue weighted by Crippen LogP contribution is 2.06. The fourth-order valence-corrected chi connectivity index (χ4v) is 0.858. The topological polar surface area (TPSA) is 26.3 Å². The van der Waals surface area contributed by atoms with Crippen LogP contribution in [0.25, 0.3) is 0 Å². The van der Waals surface area contributed by atoms with Crippen molar-refractivity contribution in [2.24, 2.45) is 0 Å². The number of carbonyl (C=O) groups is 1. The lowest BCUT2D eigenvalue weighted by molar-refractivity contribution is -0.144. The molecule has 0 aromatic heterocycles. The van der Waals surface area contributed by atoms with Gasteiger partial charge in [-0.25, -0.2) is 0 Å². The van der Waals surface area contributed by atoms with Gasteiger partial charge in [-0.3, -0.25) is 4.79 Å². The molecule has 1 atom stereocenters. The Labute approximate surface area is 60.2 Å². The maximum Gasteiger partial charge on any atom is 0.303 e. The van der Waals surface area contributed by atoms with Crippen LogP contribution in [-0.4, -0.2) is 12.1 Å². The molecule has 0 bridgehead atoms. The Hall–Kier alpha value is -1.05. The molecule has 0 aromatic carbocycles. The Bertz CT molecular complexity index is 180. The first-order valence-electron chi connectivity index (χ1n) is 3.29. The predicted molar refractivity (Wildman–Crippen MR) is 38.5 cm³/mol. The second-order valence-electron chi connectivity index (χ2n) is 2.20. The molecule has 1 unspecified atom stereocenters. The van der Waals surface area contributed by atoms with Crippen molar-refractivity contribution in [2.75, 3.05) is 0 Å². The van der Waals surface area contributed by atoms with E-state index in [1.807, 2.05) is 24.3 Å². The van der Waals surface area contributed by atoms with Gasteiger partial charge in [0.15, 0.2) is 0 Å². The maximum atomic E-state index is 10.4. The molecule has 2 nitrogen and oxygen atoms in total. The van der Waals surface area contributed by atoms with Gasteiger partial charge in [0, 0.05) is 13.3 Å². The van der Waals surface area contributed by atoms with E-state index in [0.29, 0.717) is 0 Å². The van der Waals surface area contributed by atoms with Crippen LogP contribution in [0.15, 0.2) is 24.3 Å². The molecule has 0 heterocycles. The number of allylic oxidation sites excluding steroid dienone is 2. The predicted octanol–water partition coefficient (Wildman–Crippen LogP) is 1.43. The summed E-state index contributed by atoms with van der Waals surface area (Å²) in [6, 6.07) is 0. The monoisotopic (exact) mass is 138 g/mol. The number of hydrogen-bond donors (Lipinski definition) is 0. The van der Waals surface area contributed by atoms with Crippen LogP contribution < -0.4 is 0 Å². The minimum atomic E-state index is -0.218. The summed E-state index contributed by atoms with van der Waals surface area (Å²) in [5.41, 5.74) is 0. The van der Waals surface area contributed by atoms with Gasteiger partial charge in [0.25, 0.3) is 0 Å². The van der Waals surface area contributed by atoms with Crippen molar-refractivity contribution >= 4 is 5.97 Å². The van der Waals surface area contributed by atoms with E-state index >= 15 is 0 Å². The zero-order valence-electron chi connectivity index (χ0n) is 5.91. The van der Waals surface area contributed by atoms with Crippen molar-refractivity contribution in [3.8, 4) is 0 Å². The average molecular weight is 138 g/mol. The third-order valence-electron chi connectivity index (χ3n) is 1.26. The summed E-state index contributed by atoms with van der Waals surface area (Å²) in [6.07, 6.45) is 8.45. The van der Waals surface area contributed by atoms with Crippen LogP contribution in [0.3, 0.4) is 0 Å². The minimum Gasteiger partial charge on any atom is -0.458 e. The molecule has 0 N–H and O–H groups in total. The summed E-state index contributed by atoms with van der Waals surface area (Å²) in [7, 11) is 0. The largest absolute Gasteiger partial charge is 0.458 e. The molecule has 0 amide bonds. The normalized spacial score (nSPS) is 22.7. The summed E-state index contributed by atoms with van der Waals surface area (Å²) in [6.45, 7) is 1.42. The highest BCUT2D eigenvalue weighted by atomic mass is 16.5. The third kappa shape index (κ3) is 2.05. The van der Waals surface area contributed by atoms with Gasteiger partial charge in [-0.05, 0) is 6.08 Å². The Balaban J connectivity index is 2.37. The lowest BCUT2D eigenvalue weighted by atomic mass is 10.1. The fourth-order valence-electron chi connectivity index (χ4n) is 0.858. The fraction of sp³-hybridized carbons (Fsp3) is 0.375. The molecule has 10 heavy (non-hydrogen) atoms. The van der Waals surface area contributed by atoms with Gasteiger partial charge < -0.3 is 4.74 Å². The second kappa shape index (κ2) is 3.20. The van der Waals surface area contributed by atoms with Crippen LogP contribution in [0.1, 0.15) is 13.3 Å². The number of carbonyl (C=O) groups excluding carboxylic acids is 1. The molecule has 0 aromatic rings. The number of ether oxygens (including phenoxy) is 1. The van der Waals surface area contributed by atoms with Gasteiger partial charge in [0.1, 0.15) is 6.10 Å². The van der Waals surface area contributed by atoms with E-state index in [4.69, 9.17) is 4.74 Å². The lowest BCUT2D eigenvalue weighted by Crippen LogP contribution is -2.13. The highest BCUT2D eigenvalue weighted by Gasteiger charge is 2.06. The maximum absolute atomic E-state index is 10.4. The molecule has 0 saturated carbocycles. The van der Waals surface area contributed by atoms with Crippen molar-refractivity contribution in [1.82, 2.24) is 0 Å². The Morgan fingerprint density at radius 1 is 1.60 bits per heavy atom. The van der Waals surface area contributed by atoms with Crippen molar-refractivity contribution in [2.45, 2.75) is 19.4 Å². The zero-order chi connectivity index (χ0) is 7.40. The minimum absolute atomic E-state index is 0.0394. The molecule has 0 radical (unpaired) electrons. The van der Waals surface area contributed by atoms with Crippen LogP contribution in [-0.2, 0) is 9.53 Å². The first-order valence-corrected chi connectivity index (χ1v) is 3.29. The summed E-state index contributed by atoms with van der Waals surface area (Å²) in [4.78, 5) is 10.4. The first-order chi connectivity index (χ1) is 4.79. The van der Waals surface area contributed by atoms with Crippen LogP contribution in [0.2, 0.25) is 0 Å². The van der Waals surface area contributed by atoms with E-state index in [0.717, 1.165) is 6.42 Å². The molecule has 1 rings (SSSR count). The Morgan fingerprint density at radius 3 is 2.90 bits per heavy atom. The highest BCUT2D eigenvalue weighted by molar-refractivity contribution is 5.66. The van der Waals surface area contributed by atoms with Gasteiger partial charge in [0.2, 0.25) is 0 Å². The van der Waals surface area contributed by atoms with Gasteiger partial charge in [-0.2, -0.15) is 0 Å². The number of hydrogen-bond acceptors (Lipinski definition) is 2. The summed E-state index contributed by atoms with van der Waals surface area (Å²) < 4.78 is 4.91. The molecule has 0 fully saturated rings. The SMILES string of the molecule is CC(=O)OC1C=CC=CC1. The van der Waals surface area contributed by atoms with Crippen LogP contribution in [0.5, 0.6) is 0 Å². The molecule has 1 aliphatic rings. The van der Waals surface area contributed by atoms with Crippen molar-refractivity contribution in [3.05, 3.63) is 24.3 Å². The molecule has 0 spiro atoms. The average Bonchev–Trinajstić information content (AvgIpc) is 1.88. The van der Waals surface area contributed by atoms with E-state index in [2.05, 4.69) is 0 Å². The summed E-state index contributed by atoms with van der Waals surface area (Å²) >= 11 is 0. The van der Waals surface area contributed by atoms with Crippen molar-refractivity contribution in [1.29, 1.82) is 0 Å². The van der Waals surface area contributed by atoms with Crippen molar-refractivity contribution in [3.63, 3.8) is 0 Å². The molecular formula is C8H10O2. The smallest absolute Gasteiger partial charge is 0.303 e. The summed E-state index contributed by atoms with van der Waals surface area (Å²) in [5, 5.41) is 0. The molecule has 0 saturated heterocycles. The Morgan fingerprint density at radius 2 is 2.40 bits per heavy atom. The number of rotatable bonds is 1. The first kappa shape index (κ1) is 7.06. The van der Waals surface area contributed by atoms with Crippen LogP contribution in [0.4, 0.5) is 0 Å². The van der Waals surface area contributed by atoms with E-state index in [9.17, 15) is 4.79 Å². The molecule has 2 heteroatoms. The van der Waals surface area contributed by atoms with E-state index < -0.39 is 0 Å². The van der Waals surface area contributed by atoms with Gasteiger partial charge in [0.05, 0.1) is 0 Å². The molecular weight excluding hydrogens is 128 g/mol. The number of esters is 1. The van der Waals surface area contributed by atoms with Crippen LogP contribution in [0, 0.1) is 0 Å². The van der Waals surface area contributed by atoms with E-state index in [-0.39, 0.29) is 12.1 Å². The molecule has 0 aliphatic heterocycles. The van der Waals surface area contributed by atoms with Crippen molar-refractivity contribution < 1.29 is 9.53 Å². The zero-order valence-corrected chi connectivity index (χ0v) is 5.91. The van der Waals surface area contributed by atoms with Gasteiger partial charge >= 0.3 is 5.97 Å². The quantitative estimate of drug-likeness (QED) is 0.512. The molecule has 1 aliphatic carbocycles. The van der Waals surface area contributed by atoms with E-state index in [1.54, 1.807) is 0 Å². The summed E-state index contributed by atoms with van der Waals surface area (Å²) in [5.74, 6) is -0.218. The van der Waals surface area contributed by atoms with Gasteiger partial charge in [-0.15, -0.1) is 0 Å². The standard InChI is InChI=1S/C8H10O2/c1-7(9)10-8-5-3-2-4-6-8/h2-5,8H,6H2,1H3. The Kier molecular flexibility index (Phi) is 2.26. The van der Waals surface area contributed by atoms with E-state index in [1.165, 1.54) is 6.92 Å². The molecule has 54 valence electrons. The third-order valence-corrected chi connectivity index (χ3v) is 1.26.